The molecule has 0 radical (unpaired) electrons. The van der Waals surface area contributed by atoms with E-state index in [0.29, 0.717) is 11.1 Å². The first-order valence-corrected chi connectivity index (χ1v) is 7.86. The quantitative estimate of drug-likeness (QED) is 0.796. The molecule has 3 N–H and O–H groups in total. The van der Waals surface area contributed by atoms with E-state index in [0.717, 1.165) is 0 Å². The second-order valence-corrected chi connectivity index (χ2v) is 6.22. The molecule has 1 aliphatic heterocycles. The molecule has 0 bridgehead atoms. The largest absolute Gasteiger partial charge is 0.508 e. The summed E-state index contributed by atoms with van der Waals surface area (Å²) in [5.74, 6) is -0.0171. The van der Waals surface area contributed by atoms with Crippen molar-refractivity contribution in [2.75, 3.05) is 0 Å². The molecule has 23 heavy (non-hydrogen) atoms. The fourth-order valence-corrected chi connectivity index (χ4v) is 3.44. The first kappa shape index (κ1) is 15.6. The Morgan fingerprint density at radius 3 is 1.57 bits per heavy atom. The molecule has 0 aromatic heterocycles. The van der Waals surface area contributed by atoms with Gasteiger partial charge in [-0.3, -0.25) is 4.79 Å². The topological polar surface area (TPSA) is 69.6 Å². The van der Waals surface area contributed by atoms with E-state index in [1.165, 1.54) is 0 Å². The molecule has 0 saturated carbocycles. The number of rotatable bonds is 2. The monoisotopic (exact) mass is 311 g/mol. The minimum atomic E-state index is -0.287. The maximum atomic E-state index is 12.7. The van der Waals surface area contributed by atoms with Crippen LogP contribution in [-0.2, 0) is 4.79 Å². The van der Waals surface area contributed by atoms with Gasteiger partial charge in [0.15, 0.2) is 0 Å². The van der Waals surface area contributed by atoms with Crippen molar-refractivity contribution in [1.29, 1.82) is 0 Å². The minimum Gasteiger partial charge on any atom is -0.508 e. The van der Waals surface area contributed by atoms with Gasteiger partial charge in [0.05, 0.1) is 0 Å². The third kappa shape index (κ3) is 2.70. The molecule has 4 heteroatoms. The van der Waals surface area contributed by atoms with E-state index in [9.17, 15) is 15.0 Å². The van der Waals surface area contributed by atoms with Crippen molar-refractivity contribution in [3.63, 3.8) is 0 Å². The van der Waals surface area contributed by atoms with Crippen molar-refractivity contribution in [1.82, 2.24) is 5.32 Å². The smallest absolute Gasteiger partial charge is 0.142 e. The number of aromatic hydroxyl groups is 2. The van der Waals surface area contributed by atoms with Crippen molar-refractivity contribution >= 4 is 5.78 Å². The Labute approximate surface area is 135 Å². The zero-order valence-electron chi connectivity index (χ0n) is 13.2. The van der Waals surface area contributed by atoms with Gasteiger partial charge in [0.1, 0.15) is 17.3 Å². The van der Waals surface area contributed by atoms with Crippen LogP contribution < -0.4 is 5.32 Å². The van der Waals surface area contributed by atoms with Crippen molar-refractivity contribution in [3.8, 4) is 11.5 Å². The van der Waals surface area contributed by atoms with Gasteiger partial charge < -0.3 is 15.5 Å². The van der Waals surface area contributed by atoms with Crippen molar-refractivity contribution in [3.05, 3.63) is 59.7 Å². The summed E-state index contributed by atoms with van der Waals surface area (Å²) in [6.07, 6.45) is 0. The van der Waals surface area contributed by atoms with Crippen LogP contribution in [0.2, 0.25) is 0 Å². The van der Waals surface area contributed by atoms with Crippen LogP contribution in [0.4, 0.5) is 0 Å². The van der Waals surface area contributed by atoms with Gasteiger partial charge in [-0.1, -0.05) is 50.2 Å². The molecule has 0 aliphatic carbocycles. The number of carbonyl (C=O) groups is 1. The van der Waals surface area contributed by atoms with Crippen LogP contribution in [0.3, 0.4) is 0 Å². The predicted octanol–water partition coefficient (Wildman–Crippen LogP) is 3.32. The molecule has 1 saturated heterocycles. The zero-order valence-corrected chi connectivity index (χ0v) is 13.2. The Morgan fingerprint density at radius 1 is 0.783 bits per heavy atom. The highest BCUT2D eigenvalue weighted by atomic mass is 16.3. The SMILES string of the molecule is C[C@@H]1C(=O)[C@@H](C)[C@H](c2ccccc2O)N[C@@H]1c1ccccc1O. The molecule has 4 atom stereocenters. The highest BCUT2D eigenvalue weighted by molar-refractivity contribution is 5.85. The van der Waals surface area contributed by atoms with E-state index >= 15 is 0 Å². The van der Waals surface area contributed by atoms with Crippen LogP contribution >= 0.6 is 0 Å². The molecule has 2 aromatic rings. The number of phenolic OH excluding ortho intramolecular Hbond substituents is 2. The van der Waals surface area contributed by atoms with E-state index in [1.54, 1.807) is 24.3 Å². The number of Topliss-reactive ketones (excluding diaryl/α,β-unsaturated/α-hetero) is 1. The number of hydrogen-bond acceptors (Lipinski definition) is 4. The minimum absolute atomic E-state index is 0.130. The summed E-state index contributed by atoms with van der Waals surface area (Å²) in [5, 5.41) is 23.7. The Hall–Kier alpha value is -2.33. The number of ketones is 1. The van der Waals surface area contributed by atoms with Gasteiger partial charge in [0, 0.05) is 35.0 Å². The average molecular weight is 311 g/mol. The first-order chi connectivity index (χ1) is 11.0. The summed E-state index contributed by atoms with van der Waals surface area (Å²) in [7, 11) is 0. The Bertz CT molecular complexity index is 669. The molecule has 120 valence electrons. The average Bonchev–Trinajstić information content (AvgIpc) is 2.55. The van der Waals surface area contributed by atoms with Crippen LogP contribution in [0, 0.1) is 11.8 Å². The molecule has 0 amide bonds. The summed E-state index contributed by atoms with van der Waals surface area (Å²) in [6.45, 7) is 3.76. The highest BCUT2D eigenvalue weighted by Crippen LogP contribution is 2.42. The Kier molecular flexibility index (Phi) is 4.09. The zero-order chi connectivity index (χ0) is 16.6. The standard InChI is InChI=1S/C19H21NO3/c1-11-17(13-7-3-5-9-15(13)21)20-18(12(2)19(11)23)14-8-4-6-10-16(14)22/h3-12,17-18,20-22H,1-2H3/t11-,12-,17-,18+/m0/s1. The van der Waals surface area contributed by atoms with Crippen LogP contribution in [-0.4, -0.2) is 16.0 Å². The van der Waals surface area contributed by atoms with Gasteiger partial charge in [-0.05, 0) is 12.1 Å². The van der Waals surface area contributed by atoms with Crippen LogP contribution in [0.5, 0.6) is 11.5 Å². The van der Waals surface area contributed by atoms with Crippen molar-refractivity contribution in [2.24, 2.45) is 11.8 Å². The second-order valence-electron chi connectivity index (χ2n) is 6.22. The van der Waals surface area contributed by atoms with Gasteiger partial charge in [-0.25, -0.2) is 0 Å². The summed E-state index contributed by atoms with van der Waals surface area (Å²) < 4.78 is 0. The second kappa shape index (κ2) is 6.05. The molecule has 1 heterocycles. The molecular formula is C19H21NO3. The number of para-hydroxylation sites is 2. The lowest BCUT2D eigenvalue weighted by Gasteiger charge is -2.39. The van der Waals surface area contributed by atoms with E-state index < -0.39 is 0 Å². The third-order valence-electron chi connectivity index (χ3n) is 4.80. The van der Waals surface area contributed by atoms with E-state index in [1.807, 2.05) is 38.1 Å². The van der Waals surface area contributed by atoms with Crippen molar-refractivity contribution < 1.29 is 15.0 Å². The summed E-state index contributed by atoms with van der Waals surface area (Å²) >= 11 is 0. The molecule has 4 nitrogen and oxygen atoms in total. The number of hydrogen-bond donors (Lipinski definition) is 3. The van der Waals surface area contributed by atoms with Crippen LogP contribution in [0.25, 0.3) is 0 Å². The van der Waals surface area contributed by atoms with Gasteiger partial charge in [0.25, 0.3) is 0 Å². The highest BCUT2D eigenvalue weighted by Gasteiger charge is 2.41. The molecular weight excluding hydrogens is 290 g/mol. The molecule has 0 unspecified atom stereocenters. The first-order valence-electron chi connectivity index (χ1n) is 7.86. The third-order valence-corrected chi connectivity index (χ3v) is 4.80. The van der Waals surface area contributed by atoms with E-state index in [-0.39, 0.29) is 41.2 Å². The molecule has 0 spiro atoms. The lowest BCUT2D eigenvalue weighted by molar-refractivity contribution is -0.130. The predicted molar refractivity (Wildman–Crippen MR) is 88.2 cm³/mol. The number of nitrogens with one attached hydrogen (secondary N) is 1. The number of carbonyl (C=O) groups excluding carboxylic acids is 1. The van der Waals surface area contributed by atoms with E-state index in [4.69, 9.17) is 0 Å². The number of piperidine rings is 1. The maximum Gasteiger partial charge on any atom is 0.142 e. The molecule has 1 fully saturated rings. The Morgan fingerprint density at radius 2 is 1.17 bits per heavy atom. The molecule has 1 aliphatic rings. The Balaban J connectivity index is 2.02. The van der Waals surface area contributed by atoms with Gasteiger partial charge in [-0.15, -0.1) is 0 Å². The van der Waals surface area contributed by atoms with Crippen LogP contribution in [0.1, 0.15) is 37.1 Å². The fraction of sp³-hybridized carbons (Fsp3) is 0.316. The lowest BCUT2D eigenvalue weighted by Crippen LogP contribution is -2.46. The summed E-state index contributed by atoms with van der Waals surface area (Å²) in [6, 6.07) is 13.6. The van der Waals surface area contributed by atoms with Crippen LogP contribution in [0.15, 0.2) is 48.5 Å². The number of benzene rings is 2. The fourth-order valence-electron chi connectivity index (χ4n) is 3.44. The maximum absolute atomic E-state index is 12.7. The van der Waals surface area contributed by atoms with Gasteiger partial charge in [0.2, 0.25) is 0 Å². The molecule has 3 rings (SSSR count). The van der Waals surface area contributed by atoms with Gasteiger partial charge >= 0.3 is 0 Å². The number of phenols is 2. The van der Waals surface area contributed by atoms with E-state index in [2.05, 4.69) is 5.32 Å². The summed E-state index contributed by atoms with van der Waals surface area (Å²) in [5.41, 5.74) is 1.42. The normalized spacial score (nSPS) is 27.8. The molecule has 2 aromatic carbocycles. The summed E-state index contributed by atoms with van der Waals surface area (Å²) in [4.78, 5) is 12.7. The van der Waals surface area contributed by atoms with Crippen molar-refractivity contribution in [2.45, 2.75) is 25.9 Å². The van der Waals surface area contributed by atoms with Gasteiger partial charge in [-0.2, -0.15) is 0 Å². The lowest BCUT2D eigenvalue weighted by atomic mass is 9.76.